The predicted molar refractivity (Wildman–Crippen MR) is 111 cm³/mol. The molecule has 0 bridgehead atoms. The minimum atomic E-state index is 0.201. The topological polar surface area (TPSA) is 73.1 Å². The molecular weight excluding hydrogens is 354 g/mol. The lowest BCUT2D eigenvalue weighted by molar-refractivity contribution is -0.132. The Bertz CT molecular complexity index is 625. The third-order valence-corrected chi connectivity index (χ3v) is 5.78. The Labute approximate surface area is 168 Å². The highest BCUT2D eigenvalue weighted by Gasteiger charge is 2.25. The molecule has 0 aliphatic carbocycles. The maximum atomic E-state index is 12.4. The molecule has 2 aliphatic heterocycles. The fraction of sp³-hybridized carbons (Fsp3) is 0.714. The van der Waals surface area contributed by atoms with E-state index in [-0.39, 0.29) is 11.9 Å². The van der Waals surface area contributed by atoms with Gasteiger partial charge in [0.1, 0.15) is 5.76 Å². The van der Waals surface area contributed by atoms with E-state index in [1.807, 2.05) is 17.0 Å². The number of guanidine groups is 1. The third kappa shape index (κ3) is 5.74. The summed E-state index contributed by atoms with van der Waals surface area (Å²) in [5.41, 5.74) is 0. The van der Waals surface area contributed by atoms with Crippen LogP contribution in [0.5, 0.6) is 0 Å². The van der Waals surface area contributed by atoms with Gasteiger partial charge >= 0.3 is 0 Å². The van der Waals surface area contributed by atoms with E-state index in [1.54, 1.807) is 13.3 Å². The Kier molecular flexibility index (Phi) is 7.77. The number of hydrogen-bond acceptors (Lipinski definition) is 4. The van der Waals surface area contributed by atoms with Gasteiger partial charge in [-0.15, -0.1) is 0 Å². The highest BCUT2D eigenvalue weighted by molar-refractivity contribution is 5.81. The Balaban J connectivity index is 1.44. The number of nitrogens with zero attached hydrogens (tertiary/aromatic N) is 3. The van der Waals surface area contributed by atoms with Crippen LogP contribution in [0.1, 0.15) is 50.8 Å². The van der Waals surface area contributed by atoms with Crippen molar-refractivity contribution in [3.8, 4) is 0 Å². The molecule has 2 aliphatic rings. The van der Waals surface area contributed by atoms with E-state index in [4.69, 9.17) is 4.42 Å². The van der Waals surface area contributed by atoms with E-state index in [1.165, 1.54) is 19.3 Å². The van der Waals surface area contributed by atoms with Crippen LogP contribution in [-0.2, 0) is 4.79 Å². The molecule has 2 unspecified atom stereocenters. The Hall–Kier alpha value is -2.02. The second-order valence-electron chi connectivity index (χ2n) is 7.99. The standard InChI is InChI=1S/C21H35N5O2/c1-17-7-5-13-26(16-17)20(27)9-10-23-21(22-2)24-15-18(19-8-6-14-28-19)25-11-3-4-12-25/h6,8,14,17-18H,3-5,7,9-13,15-16H2,1-2H3,(H2,22,23,24). The largest absolute Gasteiger partial charge is 0.468 e. The van der Waals surface area contributed by atoms with Crippen LogP contribution in [0.25, 0.3) is 0 Å². The lowest BCUT2D eigenvalue weighted by Crippen LogP contribution is -2.44. The van der Waals surface area contributed by atoms with Gasteiger partial charge in [-0.1, -0.05) is 6.92 Å². The SMILES string of the molecule is CN=C(NCCC(=O)N1CCCC(C)C1)NCC(c1ccco1)N1CCCC1. The van der Waals surface area contributed by atoms with Gasteiger partial charge in [-0.2, -0.15) is 0 Å². The van der Waals surface area contributed by atoms with Crippen molar-refractivity contribution in [2.24, 2.45) is 10.9 Å². The van der Waals surface area contributed by atoms with Gasteiger partial charge in [-0.3, -0.25) is 14.7 Å². The molecule has 0 radical (unpaired) electrons. The van der Waals surface area contributed by atoms with Crippen LogP contribution in [0.3, 0.4) is 0 Å². The fourth-order valence-corrected chi connectivity index (χ4v) is 4.22. The monoisotopic (exact) mass is 389 g/mol. The van der Waals surface area contributed by atoms with Gasteiger partial charge in [0, 0.05) is 39.6 Å². The van der Waals surface area contributed by atoms with Crippen molar-refractivity contribution in [1.82, 2.24) is 20.4 Å². The number of carbonyl (C=O) groups is 1. The quantitative estimate of drug-likeness (QED) is 0.553. The highest BCUT2D eigenvalue weighted by atomic mass is 16.3. The zero-order valence-electron chi connectivity index (χ0n) is 17.3. The van der Waals surface area contributed by atoms with Crippen LogP contribution in [0.2, 0.25) is 0 Å². The molecular formula is C21H35N5O2. The summed E-state index contributed by atoms with van der Waals surface area (Å²) in [5, 5.41) is 6.69. The molecule has 28 heavy (non-hydrogen) atoms. The number of carbonyl (C=O) groups excluding carboxylic acids is 1. The average Bonchev–Trinajstić information content (AvgIpc) is 3.41. The molecule has 7 nitrogen and oxygen atoms in total. The summed E-state index contributed by atoms with van der Waals surface area (Å²) in [6.07, 6.45) is 7.06. The molecule has 2 saturated heterocycles. The van der Waals surface area contributed by atoms with Crippen molar-refractivity contribution < 1.29 is 9.21 Å². The zero-order valence-corrected chi connectivity index (χ0v) is 17.3. The smallest absolute Gasteiger partial charge is 0.224 e. The lowest BCUT2D eigenvalue weighted by Gasteiger charge is -2.31. The summed E-state index contributed by atoms with van der Waals surface area (Å²) < 4.78 is 5.67. The van der Waals surface area contributed by atoms with Crippen LogP contribution >= 0.6 is 0 Å². The number of nitrogens with one attached hydrogen (secondary N) is 2. The molecule has 1 aromatic heterocycles. The molecule has 7 heteroatoms. The van der Waals surface area contributed by atoms with Gasteiger partial charge in [0.15, 0.2) is 5.96 Å². The number of rotatable bonds is 7. The molecule has 2 N–H and O–H groups in total. The summed E-state index contributed by atoms with van der Waals surface area (Å²) >= 11 is 0. The summed E-state index contributed by atoms with van der Waals surface area (Å²) in [4.78, 5) is 21.2. The van der Waals surface area contributed by atoms with Crippen molar-refractivity contribution in [2.75, 3.05) is 46.3 Å². The minimum Gasteiger partial charge on any atom is -0.468 e. The Morgan fingerprint density at radius 3 is 2.79 bits per heavy atom. The van der Waals surface area contributed by atoms with E-state index in [2.05, 4.69) is 27.4 Å². The van der Waals surface area contributed by atoms with Gasteiger partial charge in [0.25, 0.3) is 0 Å². The van der Waals surface area contributed by atoms with Crippen LogP contribution in [0, 0.1) is 5.92 Å². The maximum absolute atomic E-state index is 12.4. The average molecular weight is 390 g/mol. The summed E-state index contributed by atoms with van der Waals surface area (Å²) in [6, 6.07) is 4.19. The molecule has 2 atom stereocenters. The summed E-state index contributed by atoms with van der Waals surface area (Å²) in [6.45, 7) is 7.54. The van der Waals surface area contributed by atoms with Crippen LogP contribution in [-0.4, -0.2) is 68.0 Å². The van der Waals surface area contributed by atoms with E-state index in [9.17, 15) is 4.79 Å². The molecule has 1 amide bonds. The van der Waals surface area contributed by atoms with Crippen LogP contribution in [0.15, 0.2) is 27.8 Å². The molecule has 156 valence electrons. The van der Waals surface area contributed by atoms with Gasteiger partial charge < -0.3 is 20.0 Å². The first-order chi connectivity index (χ1) is 13.7. The zero-order chi connectivity index (χ0) is 19.8. The van der Waals surface area contributed by atoms with Gasteiger partial charge in [-0.05, 0) is 56.8 Å². The molecule has 0 spiro atoms. The van der Waals surface area contributed by atoms with Crippen molar-refractivity contribution in [3.05, 3.63) is 24.2 Å². The molecule has 3 heterocycles. The molecule has 1 aromatic rings. The van der Waals surface area contributed by atoms with E-state index >= 15 is 0 Å². The number of amides is 1. The first-order valence-corrected chi connectivity index (χ1v) is 10.7. The fourth-order valence-electron chi connectivity index (χ4n) is 4.22. The second-order valence-corrected chi connectivity index (χ2v) is 7.99. The number of aliphatic imine (C=N–C) groups is 1. The Morgan fingerprint density at radius 2 is 2.11 bits per heavy atom. The van der Waals surface area contributed by atoms with Crippen molar-refractivity contribution >= 4 is 11.9 Å². The van der Waals surface area contributed by atoms with Crippen molar-refractivity contribution in [3.63, 3.8) is 0 Å². The van der Waals surface area contributed by atoms with Gasteiger partial charge in [-0.25, -0.2) is 0 Å². The molecule has 3 rings (SSSR count). The van der Waals surface area contributed by atoms with Crippen molar-refractivity contribution in [2.45, 2.75) is 45.1 Å². The summed E-state index contributed by atoms with van der Waals surface area (Å²) in [7, 11) is 1.77. The number of furan rings is 1. The van der Waals surface area contributed by atoms with Crippen LogP contribution in [0.4, 0.5) is 0 Å². The number of piperidine rings is 1. The van der Waals surface area contributed by atoms with Gasteiger partial charge in [0.2, 0.25) is 5.91 Å². The maximum Gasteiger partial charge on any atom is 0.224 e. The number of hydrogen-bond donors (Lipinski definition) is 2. The lowest BCUT2D eigenvalue weighted by atomic mass is 10.00. The Morgan fingerprint density at radius 1 is 1.29 bits per heavy atom. The second kappa shape index (κ2) is 10.5. The van der Waals surface area contributed by atoms with Gasteiger partial charge in [0.05, 0.1) is 12.3 Å². The molecule has 2 fully saturated rings. The van der Waals surface area contributed by atoms with E-state index in [0.717, 1.165) is 50.9 Å². The highest BCUT2D eigenvalue weighted by Crippen LogP contribution is 2.24. The van der Waals surface area contributed by atoms with Crippen LogP contribution < -0.4 is 10.6 Å². The molecule has 0 aromatic carbocycles. The van der Waals surface area contributed by atoms with E-state index in [0.29, 0.717) is 18.9 Å². The third-order valence-electron chi connectivity index (χ3n) is 5.78. The van der Waals surface area contributed by atoms with E-state index < -0.39 is 0 Å². The summed E-state index contributed by atoms with van der Waals surface area (Å²) in [5.74, 6) is 2.57. The number of likely N-dealkylation sites (tertiary alicyclic amines) is 2. The first-order valence-electron chi connectivity index (χ1n) is 10.7. The first kappa shape index (κ1) is 20.7. The molecule has 0 saturated carbocycles. The predicted octanol–water partition coefficient (Wildman–Crippen LogP) is 2.23. The van der Waals surface area contributed by atoms with Crippen molar-refractivity contribution in [1.29, 1.82) is 0 Å². The normalized spacial score (nSPS) is 22.3. The minimum absolute atomic E-state index is 0.201.